The summed E-state index contributed by atoms with van der Waals surface area (Å²) in [6.07, 6.45) is 0.0763. The number of benzene rings is 1. The number of carbonyl (C=O) groups is 3. The zero-order chi connectivity index (χ0) is 17.7. The summed E-state index contributed by atoms with van der Waals surface area (Å²) < 4.78 is 0. The molecule has 1 aromatic carbocycles. The Kier molecular flexibility index (Phi) is 6.25. The van der Waals surface area contributed by atoms with Gasteiger partial charge in [-0.05, 0) is 26.0 Å². The number of nitrogens with one attached hydrogen (secondary N) is 1. The molecule has 0 aromatic heterocycles. The highest BCUT2D eigenvalue weighted by molar-refractivity contribution is 8.01. The highest BCUT2D eigenvalue weighted by atomic mass is 32.2. The van der Waals surface area contributed by atoms with Crippen LogP contribution in [-0.2, 0) is 14.4 Å². The molecule has 0 spiro atoms. The predicted octanol–water partition coefficient (Wildman–Crippen LogP) is 1.82. The van der Waals surface area contributed by atoms with Crippen molar-refractivity contribution in [3.05, 3.63) is 24.3 Å². The van der Waals surface area contributed by atoms with Crippen molar-refractivity contribution < 1.29 is 14.4 Å². The van der Waals surface area contributed by atoms with Crippen LogP contribution in [0.5, 0.6) is 0 Å². The van der Waals surface area contributed by atoms with Crippen LogP contribution in [0.4, 0.5) is 5.69 Å². The maximum Gasteiger partial charge on any atom is 0.242 e. The minimum absolute atomic E-state index is 0.0378. The molecular weight excluding hydrogens is 326 g/mol. The molecule has 1 heterocycles. The molecule has 7 heteroatoms. The number of likely N-dealkylation sites (N-methyl/N-ethyl adjacent to an activating group) is 2. The van der Waals surface area contributed by atoms with Gasteiger partial charge >= 0.3 is 0 Å². The second kappa shape index (κ2) is 8.19. The summed E-state index contributed by atoms with van der Waals surface area (Å²) in [5.41, 5.74) is 0.779. The van der Waals surface area contributed by atoms with Crippen LogP contribution in [0.25, 0.3) is 0 Å². The van der Waals surface area contributed by atoms with Gasteiger partial charge in [0.05, 0.1) is 17.5 Å². The summed E-state index contributed by atoms with van der Waals surface area (Å²) in [6.45, 7) is 5.09. The fourth-order valence-corrected chi connectivity index (χ4v) is 3.61. The van der Waals surface area contributed by atoms with Gasteiger partial charge in [-0.2, -0.15) is 0 Å². The molecular formula is C17H23N3O3S. The second-order valence-corrected chi connectivity index (χ2v) is 6.86. The highest BCUT2D eigenvalue weighted by Crippen LogP contribution is 2.36. The fraction of sp³-hybridized carbons (Fsp3) is 0.471. The summed E-state index contributed by atoms with van der Waals surface area (Å²) in [5.74, 6) is -0.458. The molecule has 0 aliphatic carbocycles. The topological polar surface area (TPSA) is 69.7 Å². The zero-order valence-electron chi connectivity index (χ0n) is 14.2. The van der Waals surface area contributed by atoms with Crippen LogP contribution in [0.1, 0.15) is 20.3 Å². The molecule has 0 saturated heterocycles. The van der Waals surface area contributed by atoms with Gasteiger partial charge in [0.2, 0.25) is 17.7 Å². The number of fused-ring (bicyclic) bond motifs is 1. The normalized spacial score (nSPS) is 16.1. The van der Waals surface area contributed by atoms with Crippen molar-refractivity contribution in [2.75, 3.05) is 32.0 Å². The number of hydrogen-bond donors (Lipinski definition) is 1. The molecule has 3 amide bonds. The SMILES string of the molecule is CCN(CC)C(=O)CN(C)C(=O)CC1Sc2ccccc2NC1=O. The summed E-state index contributed by atoms with van der Waals surface area (Å²) in [6, 6.07) is 7.52. The molecule has 1 aliphatic rings. The minimum atomic E-state index is -0.474. The van der Waals surface area contributed by atoms with E-state index in [1.54, 1.807) is 11.9 Å². The lowest BCUT2D eigenvalue weighted by atomic mass is 10.2. The van der Waals surface area contributed by atoms with Crippen molar-refractivity contribution >= 4 is 35.2 Å². The number of amides is 3. The van der Waals surface area contributed by atoms with E-state index in [4.69, 9.17) is 0 Å². The fourth-order valence-electron chi connectivity index (χ4n) is 2.51. The van der Waals surface area contributed by atoms with E-state index in [0.29, 0.717) is 13.1 Å². The molecule has 1 unspecified atom stereocenters. The Morgan fingerprint density at radius 2 is 1.83 bits per heavy atom. The minimum Gasteiger partial charge on any atom is -0.342 e. The Balaban J connectivity index is 1.94. The van der Waals surface area contributed by atoms with E-state index in [0.717, 1.165) is 10.6 Å². The molecule has 1 aromatic rings. The van der Waals surface area contributed by atoms with Crippen molar-refractivity contribution in [1.29, 1.82) is 0 Å². The van der Waals surface area contributed by atoms with Crippen molar-refractivity contribution in [1.82, 2.24) is 9.80 Å². The summed E-state index contributed by atoms with van der Waals surface area (Å²) in [5, 5.41) is 2.35. The average Bonchev–Trinajstić information content (AvgIpc) is 2.56. The maximum atomic E-state index is 12.4. The Labute approximate surface area is 146 Å². The van der Waals surface area contributed by atoms with Crippen LogP contribution < -0.4 is 5.32 Å². The molecule has 2 rings (SSSR count). The van der Waals surface area contributed by atoms with Gasteiger partial charge in [0.25, 0.3) is 0 Å². The quantitative estimate of drug-likeness (QED) is 0.850. The predicted molar refractivity (Wildman–Crippen MR) is 94.9 cm³/mol. The number of rotatable bonds is 6. The first kappa shape index (κ1) is 18.3. The molecule has 1 aliphatic heterocycles. The molecule has 0 saturated carbocycles. The summed E-state index contributed by atoms with van der Waals surface area (Å²) in [4.78, 5) is 40.6. The van der Waals surface area contributed by atoms with Crippen LogP contribution in [0, 0.1) is 0 Å². The van der Waals surface area contributed by atoms with Crippen LogP contribution in [0.15, 0.2) is 29.2 Å². The lowest BCUT2D eigenvalue weighted by Gasteiger charge is -2.26. The van der Waals surface area contributed by atoms with Gasteiger partial charge in [-0.25, -0.2) is 0 Å². The summed E-state index contributed by atoms with van der Waals surface area (Å²) in [7, 11) is 1.60. The van der Waals surface area contributed by atoms with E-state index >= 15 is 0 Å². The number of nitrogens with zero attached hydrogens (tertiary/aromatic N) is 2. The number of hydrogen-bond acceptors (Lipinski definition) is 4. The number of carbonyl (C=O) groups excluding carboxylic acids is 3. The van der Waals surface area contributed by atoms with Crippen LogP contribution in [0.2, 0.25) is 0 Å². The van der Waals surface area contributed by atoms with Gasteiger partial charge in [0.1, 0.15) is 0 Å². The van der Waals surface area contributed by atoms with Crippen molar-refractivity contribution in [3.8, 4) is 0 Å². The molecule has 0 bridgehead atoms. The standard InChI is InChI=1S/C17H23N3O3S/c1-4-20(5-2)16(22)11-19(3)15(21)10-14-17(23)18-12-8-6-7-9-13(12)24-14/h6-9,14H,4-5,10-11H2,1-3H3,(H,18,23). The number of para-hydroxylation sites is 1. The third-order valence-electron chi connectivity index (χ3n) is 3.98. The number of anilines is 1. The second-order valence-electron chi connectivity index (χ2n) is 5.61. The van der Waals surface area contributed by atoms with E-state index in [2.05, 4.69) is 5.32 Å². The van der Waals surface area contributed by atoms with E-state index < -0.39 is 5.25 Å². The maximum absolute atomic E-state index is 12.4. The largest absolute Gasteiger partial charge is 0.342 e. The Morgan fingerprint density at radius 3 is 2.50 bits per heavy atom. The number of thioether (sulfide) groups is 1. The van der Waals surface area contributed by atoms with Crippen LogP contribution >= 0.6 is 11.8 Å². The summed E-state index contributed by atoms with van der Waals surface area (Å²) >= 11 is 1.39. The van der Waals surface area contributed by atoms with Crippen molar-refractivity contribution in [3.63, 3.8) is 0 Å². The lowest BCUT2D eigenvalue weighted by molar-refractivity contribution is -0.139. The van der Waals surface area contributed by atoms with Crippen LogP contribution in [-0.4, -0.2) is 59.5 Å². The molecule has 0 radical (unpaired) electrons. The van der Waals surface area contributed by atoms with Gasteiger partial charge in [-0.15, -0.1) is 11.8 Å². The van der Waals surface area contributed by atoms with Gasteiger partial charge in [0, 0.05) is 31.5 Å². The van der Waals surface area contributed by atoms with E-state index in [1.165, 1.54) is 16.7 Å². The molecule has 130 valence electrons. The van der Waals surface area contributed by atoms with Crippen molar-refractivity contribution in [2.24, 2.45) is 0 Å². The van der Waals surface area contributed by atoms with Crippen LogP contribution in [0.3, 0.4) is 0 Å². The molecule has 0 fully saturated rings. The first-order chi connectivity index (χ1) is 11.5. The van der Waals surface area contributed by atoms with Gasteiger partial charge in [0.15, 0.2) is 0 Å². The van der Waals surface area contributed by atoms with E-state index in [9.17, 15) is 14.4 Å². The Hall–Kier alpha value is -2.02. The third-order valence-corrected chi connectivity index (χ3v) is 5.26. The lowest BCUT2D eigenvalue weighted by Crippen LogP contribution is -2.42. The molecule has 6 nitrogen and oxygen atoms in total. The Bertz CT molecular complexity index is 631. The Morgan fingerprint density at radius 1 is 1.17 bits per heavy atom. The molecule has 1 N–H and O–H groups in total. The van der Waals surface area contributed by atoms with E-state index in [1.807, 2.05) is 38.1 Å². The monoisotopic (exact) mass is 349 g/mol. The first-order valence-electron chi connectivity index (χ1n) is 8.04. The average molecular weight is 349 g/mol. The van der Waals surface area contributed by atoms with Gasteiger partial charge in [-0.1, -0.05) is 12.1 Å². The molecule has 1 atom stereocenters. The highest BCUT2D eigenvalue weighted by Gasteiger charge is 2.30. The smallest absolute Gasteiger partial charge is 0.242 e. The van der Waals surface area contributed by atoms with Gasteiger partial charge < -0.3 is 15.1 Å². The first-order valence-corrected chi connectivity index (χ1v) is 8.92. The molecule has 24 heavy (non-hydrogen) atoms. The van der Waals surface area contributed by atoms with E-state index in [-0.39, 0.29) is 30.7 Å². The van der Waals surface area contributed by atoms with Gasteiger partial charge in [-0.3, -0.25) is 14.4 Å². The zero-order valence-corrected chi connectivity index (χ0v) is 15.1. The third kappa shape index (κ3) is 4.29. The van der Waals surface area contributed by atoms with Crippen molar-refractivity contribution in [2.45, 2.75) is 30.4 Å².